The number of benzene rings is 3. The molecule has 3 aromatic rings. The van der Waals surface area contributed by atoms with Crippen molar-refractivity contribution >= 4 is 43.2 Å². The Kier molecular flexibility index (Phi) is 6.79. The SMILES string of the molecule is Cc1ccc(S(=O)(=O)N(C)c2ccc(OCC(=O)Nc3ccc(Br)cc3)cc2)cc1. The molecule has 0 saturated heterocycles. The van der Waals surface area contributed by atoms with Crippen LogP contribution in [0, 0.1) is 6.92 Å². The monoisotopic (exact) mass is 488 g/mol. The molecule has 8 heteroatoms. The first kappa shape index (κ1) is 21.9. The molecular formula is C22H21BrN2O4S. The predicted molar refractivity (Wildman–Crippen MR) is 121 cm³/mol. The van der Waals surface area contributed by atoms with Crippen molar-refractivity contribution in [2.45, 2.75) is 11.8 Å². The van der Waals surface area contributed by atoms with Gasteiger partial charge in [-0.25, -0.2) is 8.42 Å². The van der Waals surface area contributed by atoms with Crippen LogP contribution in [0.25, 0.3) is 0 Å². The van der Waals surface area contributed by atoms with Crippen LogP contribution in [0.2, 0.25) is 0 Å². The Morgan fingerprint density at radius 3 is 2.17 bits per heavy atom. The lowest BCUT2D eigenvalue weighted by atomic mass is 10.2. The van der Waals surface area contributed by atoms with Crippen molar-refractivity contribution < 1.29 is 17.9 Å². The summed E-state index contributed by atoms with van der Waals surface area (Å²) in [5.41, 5.74) is 2.15. The molecule has 0 aliphatic carbocycles. The van der Waals surface area contributed by atoms with Crippen molar-refractivity contribution in [1.29, 1.82) is 0 Å². The largest absolute Gasteiger partial charge is 0.484 e. The Bertz CT molecular complexity index is 1110. The first-order valence-corrected chi connectivity index (χ1v) is 11.3. The van der Waals surface area contributed by atoms with Crippen LogP contribution in [-0.4, -0.2) is 28.0 Å². The smallest absolute Gasteiger partial charge is 0.264 e. The van der Waals surface area contributed by atoms with Crippen LogP contribution in [0.15, 0.2) is 82.2 Å². The van der Waals surface area contributed by atoms with Crippen LogP contribution < -0.4 is 14.4 Å². The molecule has 6 nitrogen and oxygen atoms in total. The Morgan fingerprint density at radius 2 is 1.57 bits per heavy atom. The zero-order chi connectivity index (χ0) is 21.7. The highest BCUT2D eigenvalue weighted by Crippen LogP contribution is 2.24. The molecule has 0 radical (unpaired) electrons. The van der Waals surface area contributed by atoms with E-state index in [1.54, 1.807) is 60.7 Å². The van der Waals surface area contributed by atoms with Gasteiger partial charge in [-0.05, 0) is 67.6 Å². The molecule has 0 aliphatic rings. The van der Waals surface area contributed by atoms with E-state index in [-0.39, 0.29) is 17.4 Å². The zero-order valence-electron chi connectivity index (χ0n) is 16.5. The molecule has 0 aromatic heterocycles. The maximum Gasteiger partial charge on any atom is 0.264 e. The van der Waals surface area contributed by atoms with E-state index in [1.165, 1.54) is 11.4 Å². The summed E-state index contributed by atoms with van der Waals surface area (Å²) in [6.45, 7) is 1.74. The number of halogens is 1. The van der Waals surface area contributed by atoms with Crippen molar-refractivity contribution in [2.24, 2.45) is 0 Å². The number of amides is 1. The number of carbonyl (C=O) groups is 1. The number of nitrogens with zero attached hydrogens (tertiary/aromatic N) is 1. The third-order valence-electron chi connectivity index (χ3n) is 4.38. The Balaban J connectivity index is 1.60. The fourth-order valence-electron chi connectivity index (χ4n) is 2.64. The summed E-state index contributed by atoms with van der Waals surface area (Å²) in [4.78, 5) is 12.2. The zero-order valence-corrected chi connectivity index (χ0v) is 18.9. The summed E-state index contributed by atoms with van der Waals surface area (Å²) in [6, 6.07) is 20.4. The van der Waals surface area contributed by atoms with Crippen molar-refractivity contribution in [3.8, 4) is 5.75 Å². The van der Waals surface area contributed by atoms with E-state index in [0.29, 0.717) is 17.1 Å². The average molecular weight is 489 g/mol. The molecule has 1 N–H and O–H groups in total. The molecule has 156 valence electrons. The Morgan fingerprint density at radius 1 is 0.967 bits per heavy atom. The molecule has 0 bridgehead atoms. The third kappa shape index (κ3) is 5.40. The second kappa shape index (κ2) is 9.32. The lowest BCUT2D eigenvalue weighted by Gasteiger charge is -2.20. The fourth-order valence-corrected chi connectivity index (χ4v) is 4.10. The molecule has 0 saturated carbocycles. The summed E-state index contributed by atoms with van der Waals surface area (Å²) in [5, 5.41) is 2.74. The van der Waals surface area contributed by atoms with Gasteiger partial charge in [-0.3, -0.25) is 9.10 Å². The average Bonchev–Trinajstić information content (AvgIpc) is 2.74. The highest BCUT2D eigenvalue weighted by Gasteiger charge is 2.21. The predicted octanol–water partition coefficient (Wildman–Crippen LogP) is 4.60. The van der Waals surface area contributed by atoms with Crippen molar-refractivity contribution in [3.63, 3.8) is 0 Å². The van der Waals surface area contributed by atoms with Gasteiger partial charge in [0.1, 0.15) is 5.75 Å². The van der Waals surface area contributed by atoms with E-state index in [1.807, 2.05) is 19.1 Å². The normalized spacial score (nSPS) is 11.0. The number of rotatable bonds is 7. The van der Waals surface area contributed by atoms with Gasteiger partial charge < -0.3 is 10.1 Å². The van der Waals surface area contributed by atoms with Gasteiger partial charge in [0, 0.05) is 17.2 Å². The molecule has 30 heavy (non-hydrogen) atoms. The highest BCUT2D eigenvalue weighted by molar-refractivity contribution is 9.10. The van der Waals surface area contributed by atoms with E-state index in [2.05, 4.69) is 21.2 Å². The lowest BCUT2D eigenvalue weighted by Crippen LogP contribution is -2.26. The molecule has 0 unspecified atom stereocenters. The van der Waals surface area contributed by atoms with Crippen LogP contribution in [-0.2, 0) is 14.8 Å². The number of aryl methyl sites for hydroxylation is 1. The molecule has 3 rings (SSSR count). The Labute approximate surface area is 184 Å². The molecule has 0 heterocycles. The van der Waals surface area contributed by atoms with Crippen molar-refractivity contribution in [3.05, 3.63) is 82.8 Å². The summed E-state index contributed by atoms with van der Waals surface area (Å²) >= 11 is 3.34. The van der Waals surface area contributed by atoms with Crippen LogP contribution in [0.4, 0.5) is 11.4 Å². The number of anilines is 2. The van der Waals surface area contributed by atoms with Crippen molar-refractivity contribution in [1.82, 2.24) is 0 Å². The van der Waals surface area contributed by atoms with E-state index in [9.17, 15) is 13.2 Å². The number of hydrogen-bond acceptors (Lipinski definition) is 4. The third-order valence-corrected chi connectivity index (χ3v) is 6.71. The van der Waals surface area contributed by atoms with Gasteiger partial charge in [0.05, 0.1) is 10.6 Å². The van der Waals surface area contributed by atoms with Crippen LogP contribution in [0.3, 0.4) is 0 Å². The molecular weight excluding hydrogens is 468 g/mol. The standard InChI is InChI=1S/C22H21BrN2O4S/c1-16-3-13-21(14-4-16)30(27,28)25(2)19-9-11-20(12-10-19)29-15-22(26)24-18-7-5-17(23)6-8-18/h3-14H,15H2,1-2H3,(H,24,26). The molecule has 1 amide bonds. The van der Waals surface area contributed by atoms with E-state index >= 15 is 0 Å². The summed E-state index contributed by atoms with van der Waals surface area (Å²) in [7, 11) is -2.16. The van der Waals surface area contributed by atoms with Gasteiger partial charge in [0.25, 0.3) is 15.9 Å². The minimum atomic E-state index is -3.66. The Hall–Kier alpha value is -2.84. The van der Waals surface area contributed by atoms with Crippen LogP contribution in [0.5, 0.6) is 5.75 Å². The summed E-state index contributed by atoms with van der Waals surface area (Å²) < 4.78 is 33.2. The van der Waals surface area contributed by atoms with Gasteiger partial charge >= 0.3 is 0 Å². The number of carbonyl (C=O) groups excluding carboxylic acids is 1. The number of hydrogen-bond donors (Lipinski definition) is 1. The van der Waals surface area contributed by atoms with Gasteiger partial charge in [0.15, 0.2) is 6.61 Å². The van der Waals surface area contributed by atoms with Gasteiger partial charge in [-0.1, -0.05) is 33.6 Å². The highest BCUT2D eigenvalue weighted by atomic mass is 79.9. The second-order valence-electron chi connectivity index (χ2n) is 6.62. The summed E-state index contributed by atoms with van der Waals surface area (Å²) in [6.07, 6.45) is 0. The minimum Gasteiger partial charge on any atom is -0.484 e. The quantitative estimate of drug-likeness (QED) is 0.527. The fraction of sp³-hybridized carbons (Fsp3) is 0.136. The van der Waals surface area contributed by atoms with Gasteiger partial charge in [-0.15, -0.1) is 0 Å². The van der Waals surface area contributed by atoms with E-state index in [0.717, 1.165) is 10.0 Å². The molecule has 0 fully saturated rings. The number of ether oxygens (including phenoxy) is 1. The summed E-state index contributed by atoms with van der Waals surface area (Å²) in [5.74, 6) is 0.173. The van der Waals surface area contributed by atoms with Crippen LogP contribution in [0.1, 0.15) is 5.56 Å². The maximum absolute atomic E-state index is 12.8. The molecule has 0 aliphatic heterocycles. The topological polar surface area (TPSA) is 75.7 Å². The second-order valence-corrected chi connectivity index (χ2v) is 9.51. The van der Waals surface area contributed by atoms with Crippen molar-refractivity contribution in [2.75, 3.05) is 23.3 Å². The number of nitrogens with one attached hydrogen (secondary N) is 1. The van der Waals surface area contributed by atoms with E-state index < -0.39 is 10.0 Å². The van der Waals surface area contributed by atoms with Gasteiger partial charge in [0.2, 0.25) is 0 Å². The molecule has 0 spiro atoms. The van der Waals surface area contributed by atoms with Crippen LogP contribution >= 0.6 is 15.9 Å². The first-order valence-electron chi connectivity index (χ1n) is 9.09. The lowest BCUT2D eigenvalue weighted by molar-refractivity contribution is -0.118. The van der Waals surface area contributed by atoms with E-state index in [4.69, 9.17) is 4.74 Å². The first-order chi connectivity index (χ1) is 14.3. The maximum atomic E-state index is 12.8. The molecule has 3 aromatic carbocycles. The van der Waals surface area contributed by atoms with Gasteiger partial charge in [-0.2, -0.15) is 0 Å². The minimum absolute atomic E-state index is 0.160. The number of sulfonamides is 1. The molecule has 0 atom stereocenters.